The summed E-state index contributed by atoms with van der Waals surface area (Å²) in [4.78, 5) is 0. The summed E-state index contributed by atoms with van der Waals surface area (Å²) in [5, 5.41) is 11.7. The minimum Gasteiger partial charge on any atom is -0.491 e. The molecule has 0 amide bonds. The molecule has 0 saturated heterocycles. The van der Waals surface area contributed by atoms with Gasteiger partial charge in [0.15, 0.2) is 0 Å². The van der Waals surface area contributed by atoms with Gasteiger partial charge in [-0.15, -0.1) is 0 Å². The average molecular weight is 285 g/mol. The number of ether oxygens (including phenoxy) is 1. The number of hydrogen-bond acceptors (Lipinski definition) is 4. The number of nitrogens with zero attached hydrogens (tertiary/aromatic N) is 2. The lowest BCUT2D eigenvalue weighted by Gasteiger charge is -2.19. The Morgan fingerprint density at radius 2 is 1.71 bits per heavy atom. The molecule has 0 aliphatic heterocycles. The smallest absolute Gasteiger partial charge is 0.119 e. The van der Waals surface area contributed by atoms with Crippen molar-refractivity contribution in [2.45, 2.75) is 39.8 Å². The molecule has 2 aromatic rings. The molecule has 1 unspecified atom stereocenters. The van der Waals surface area contributed by atoms with E-state index in [4.69, 9.17) is 4.74 Å². The predicted octanol–water partition coefficient (Wildman–Crippen LogP) is 3.19. The molecule has 0 fully saturated rings. The minimum absolute atomic E-state index is 0.104. The number of aromatic nitrogens is 2. The second-order valence-electron chi connectivity index (χ2n) is 5.48. The van der Waals surface area contributed by atoms with Gasteiger partial charge in [-0.1, -0.05) is 12.1 Å². The first-order valence-electron chi connectivity index (χ1n) is 7.26. The van der Waals surface area contributed by atoms with Crippen molar-refractivity contribution in [3.63, 3.8) is 0 Å². The molecule has 0 aliphatic rings. The topological polar surface area (TPSA) is 47.0 Å². The second kappa shape index (κ2) is 6.68. The van der Waals surface area contributed by atoms with Crippen molar-refractivity contribution >= 4 is 0 Å². The van der Waals surface area contributed by atoms with Crippen molar-refractivity contribution in [1.29, 1.82) is 0 Å². The lowest BCUT2D eigenvalue weighted by Crippen LogP contribution is -2.19. The van der Waals surface area contributed by atoms with Crippen molar-refractivity contribution < 1.29 is 4.74 Å². The lowest BCUT2D eigenvalue weighted by atomic mass is 9.97. The third-order valence-electron chi connectivity index (χ3n) is 3.32. The van der Waals surface area contributed by atoms with Crippen molar-refractivity contribution in [3.8, 4) is 5.75 Å². The van der Waals surface area contributed by atoms with Gasteiger partial charge in [0.2, 0.25) is 0 Å². The lowest BCUT2D eigenvalue weighted by molar-refractivity contribution is 0.242. The van der Waals surface area contributed by atoms with Gasteiger partial charge in [0, 0.05) is 0 Å². The zero-order chi connectivity index (χ0) is 15.4. The summed E-state index contributed by atoms with van der Waals surface area (Å²) in [6.45, 7) is 8.00. The van der Waals surface area contributed by atoms with E-state index in [1.165, 1.54) is 5.56 Å². The van der Waals surface area contributed by atoms with E-state index in [1.54, 1.807) is 0 Å². The predicted molar refractivity (Wildman–Crippen MR) is 84.6 cm³/mol. The van der Waals surface area contributed by atoms with Crippen LogP contribution in [0.5, 0.6) is 5.75 Å². The van der Waals surface area contributed by atoms with Crippen LogP contribution in [0.3, 0.4) is 0 Å². The fourth-order valence-corrected chi connectivity index (χ4v) is 2.37. The molecular weight excluding hydrogens is 262 g/mol. The van der Waals surface area contributed by atoms with E-state index in [0.29, 0.717) is 0 Å². The first kappa shape index (κ1) is 15.4. The molecule has 0 aliphatic carbocycles. The molecule has 0 spiro atoms. The molecule has 1 atom stereocenters. The molecule has 112 valence electrons. The van der Waals surface area contributed by atoms with Gasteiger partial charge in [-0.3, -0.25) is 0 Å². The molecule has 1 aromatic heterocycles. The fraction of sp³-hybridized carbons (Fsp3) is 0.412. The van der Waals surface area contributed by atoms with E-state index < -0.39 is 0 Å². The monoisotopic (exact) mass is 285 g/mol. The fourth-order valence-electron chi connectivity index (χ4n) is 2.37. The third-order valence-corrected chi connectivity index (χ3v) is 3.32. The van der Waals surface area contributed by atoms with Gasteiger partial charge in [0.05, 0.1) is 23.5 Å². The molecule has 0 radical (unpaired) electrons. The number of rotatable bonds is 5. The summed E-state index contributed by atoms with van der Waals surface area (Å²) in [7, 11) is 1.96. The molecule has 1 N–H and O–H groups in total. The number of nitrogens with one attached hydrogen (secondary N) is 1. The first-order valence-corrected chi connectivity index (χ1v) is 7.26. The van der Waals surface area contributed by atoms with Crippen LogP contribution in [0.4, 0.5) is 0 Å². The zero-order valence-electron chi connectivity index (χ0n) is 13.3. The van der Waals surface area contributed by atoms with E-state index in [0.717, 1.165) is 22.7 Å². The summed E-state index contributed by atoms with van der Waals surface area (Å²) < 4.78 is 5.69. The van der Waals surface area contributed by atoms with Gasteiger partial charge in [0.1, 0.15) is 5.75 Å². The molecule has 4 heteroatoms. The highest BCUT2D eigenvalue weighted by atomic mass is 16.5. The van der Waals surface area contributed by atoms with Gasteiger partial charge in [-0.25, -0.2) is 0 Å². The maximum atomic E-state index is 5.69. The van der Waals surface area contributed by atoms with Crippen LogP contribution in [0.25, 0.3) is 0 Å². The molecule has 21 heavy (non-hydrogen) atoms. The summed E-state index contributed by atoms with van der Waals surface area (Å²) in [5.74, 6) is 0.893. The largest absolute Gasteiger partial charge is 0.491 e. The van der Waals surface area contributed by atoms with Crippen LogP contribution < -0.4 is 10.1 Å². The molecule has 1 heterocycles. The number of aryl methyl sites for hydroxylation is 2. The summed E-state index contributed by atoms with van der Waals surface area (Å²) in [6, 6.07) is 10.4. The molecule has 0 saturated carbocycles. The molecule has 0 bridgehead atoms. The highest BCUT2D eigenvalue weighted by Crippen LogP contribution is 2.25. The molecular formula is C17H23N3O. The van der Waals surface area contributed by atoms with Crippen molar-refractivity contribution in [3.05, 3.63) is 52.8 Å². The summed E-state index contributed by atoms with van der Waals surface area (Å²) in [5.41, 5.74) is 4.21. The Morgan fingerprint density at radius 1 is 1.05 bits per heavy atom. The van der Waals surface area contributed by atoms with E-state index in [2.05, 4.69) is 33.7 Å². The highest BCUT2D eigenvalue weighted by Gasteiger charge is 2.16. The van der Waals surface area contributed by atoms with E-state index in [-0.39, 0.29) is 12.1 Å². The van der Waals surface area contributed by atoms with Crippen LogP contribution in [0.15, 0.2) is 30.3 Å². The summed E-state index contributed by atoms with van der Waals surface area (Å²) in [6.07, 6.45) is 0.185. The number of hydrogen-bond donors (Lipinski definition) is 1. The van der Waals surface area contributed by atoms with Crippen LogP contribution in [0, 0.1) is 13.8 Å². The Bertz CT molecular complexity index is 593. The van der Waals surface area contributed by atoms with E-state index >= 15 is 0 Å². The van der Waals surface area contributed by atoms with Gasteiger partial charge >= 0.3 is 0 Å². The molecule has 4 nitrogen and oxygen atoms in total. The SMILES string of the molecule is CNC(c1ccc(OC(C)C)cc1)c1cc(C)nnc1C. The maximum absolute atomic E-state index is 5.69. The summed E-state index contributed by atoms with van der Waals surface area (Å²) >= 11 is 0. The van der Waals surface area contributed by atoms with Crippen molar-refractivity contribution in [2.24, 2.45) is 0 Å². The normalized spacial score (nSPS) is 12.5. The Hall–Kier alpha value is -1.94. The van der Waals surface area contributed by atoms with Crippen LogP contribution in [0.1, 0.15) is 42.4 Å². The van der Waals surface area contributed by atoms with Crippen LogP contribution in [-0.4, -0.2) is 23.3 Å². The van der Waals surface area contributed by atoms with Crippen molar-refractivity contribution in [1.82, 2.24) is 15.5 Å². The van der Waals surface area contributed by atoms with Gasteiger partial charge in [-0.05, 0) is 64.1 Å². The second-order valence-corrected chi connectivity index (χ2v) is 5.48. The van der Waals surface area contributed by atoms with Crippen LogP contribution >= 0.6 is 0 Å². The Kier molecular flexibility index (Phi) is 4.91. The maximum Gasteiger partial charge on any atom is 0.119 e. The van der Waals surface area contributed by atoms with Crippen LogP contribution in [-0.2, 0) is 0 Å². The van der Waals surface area contributed by atoms with Gasteiger partial charge in [0.25, 0.3) is 0 Å². The quantitative estimate of drug-likeness (QED) is 0.916. The molecule has 2 rings (SSSR count). The van der Waals surface area contributed by atoms with E-state index in [1.807, 2.05) is 46.9 Å². The van der Waals surface area contributed by atoms with E-state index in [9.17, 15) is 0 Å². The number of benzene rings is 1. The Balaban J connectivity index is 2.31. The Morgan fingerprint density at radius 3 is 2.29 bits per heavy atom. The zero-order valence-corrected chi connectivity index (χ0v) is 13.3. The Labute approximate surface area is 126 Å². The standard InChI is InChI=1S/C17H23N3O/c1-11(2)21-15-8-6-14(7-9-15)17(18-5)16-10-12(3)19-20-13(16)4/h6-11,17-18H,1-5H3. The highest BCUT2D eigenvalue weighted by molar-refractivity contribution is 5.37. The first-order chi connectivity index (χ1) is 10.0. The van der Waals surface area contributed by atoms with Crippen LogP contribution in [0.2, 0.25) is 0 Å². The minimum atomic E-state index is 0.104. The average Bonchev–Trinajstić information content (AvgIpc) is 2.44. The van der Waals surface area contributed by atoms with Crippen molar-refractivity contribution in [2.75, 3.05) is 7.05 Å². The molecule has 1 aromatic carbocycles. The van der Waals surface area contributed by atoms with Gasteiger partial charge in [-0.2, -0.15) is 10.2 Å². The van der Waals surface area contributed by atoms with Gasteiger partial charge < -0.3 is 10.1 Å². The third kappa shape index (κ3) is 3.79.